The highest BCUT2D eigenvalue weighted by Gasteiger charge is 2.43. The zero-order valence-electron chi connectivity index (χ0n) is 19.9. The number of carbonyl (C=O) groups excluding carboxylic acids is 1. The number of carbonyl (C=O) groups is 1. The lowest BCUT2D eigenvalue weighted by Gasteiger charge is -2.25. The summed E-state index contributed by atoms with van der Waals surface area (Å²) in [5, 5.41) is 0.435. The van der Waals surface area contributed by atoms with Crippen molar-refractivity contribution in [2.24, 2.45) is 0 Å². The van der Waals surface area contributed by atoms with Crippen LogP contribution in [-0.2, 0) is 0 Å². The van der Waals surface area contributed by atoms with Gasteiger partial charge in [0.05, 0.1) is 23.6 Å². The number of rotatable bonds is 6. The van der Waals surface area contributed by atoms with Crippen LogP contribution in [0.2, 0.25) is 0 Å². The Balaban J connectivity index is 1.68. The third kappa shape index (κ3) is 3.99. The first-order valence-electron chi connectivity index (χ1n) is 11.8. The van der Waals surface area contributed by atoms with Crippen molar-refractivity contribution in [3.8, 4) is 5.75 Å². The van der Waals surface area contributed by atoms with Gasteiger partial charge in [-0.05, 0) is 85.5 Å². The number of unbranched alkanes of at least 4 members (excludes halogenated alkanes) is 1. The third-order valence-corrected chi connectivity index (χ3v) is 6.55. The van der Waals surface area contributed by atoms with Crippen molar-refractivity contribution in [2.45, 2.75) is 39.7 Å². The van der Waals surface area contributed by atoms with Crippen molar-refractivity contribution in [1.82, 2.24) is 0 Å². The smallest absolute Gasteiger partial charge is 0.295 e. The van der Waals surface area contributed by atoms with Gasteiger partial charge in [-0.1, -0.05) is 25.5 Å². The van der Waals surface area contributed by atoms with Gasteiger partial charge < -0.3 is 9.15 Å². The van der Waals surface area contributed by atoms with Crippen LogP contribution in [0.4, 0.5) is 10.1 Å². The number of aryl methyl sites for hydroxylation is 2. The first-order chi connectivity index (χ1) is 16.9. The summed E-state index contributed by atoms with van der Waals surface area (Å²) in [6.45, 7) is 6.59. The molecular formula is C29H26FNO4. The fourth-order valence-electron chi connectivity index (χ4n) is 4.49. The molecule has 0 aliphatic carbocycles. The van der Waals surface area contributed by atoms with Crippen molar-refractivity contribution in [2.75, 3.05) is 11.5 Å². The molecule has 0 fully saturated rings. The number of fused-ring (bicyclic) bond motifs is 2. The lowest BCUT2D eigenvalue weighted by atomic mass is 9.97. The van der Waals surface area contributed by atoms with Gasteiger partial charge in [0.1, 0.15) is 17.1 Å². The van der Waals surface area contributed by atoms with E-state index >= 15 is 0 Å². The summed E-state index contributed by atoms with van der Waals surface area (Å²) in [7, 11) is 0. The molecule has 0 saturated carbocycles. The molecule has 4 aromatic rings. The van der Waals surface area contributed by atoms with Gasteiger partial charge >= 0.3 is 0 Å². The van der Waals surface area contributed by atoms with Crippen LogP contribution in [0.25, 0.3) is 11.0 Å². The molecule has 1 aromatic heterocycles. The van der Waals surface area contributed by atoms with Crippen LogP contribution in [0.15, 0.2) is 69.9 Å². The fourth-order valence-corrected chi connectivity index (χ4v) is 4.49. The SMILES string of the molecule is CCCCOc1ccc(C2c3c(oc4cc(C)c(C)cc4c3=O)C(=O)N2c2ccc(F)cc2)cc1. The van der Waals surface area contributed by atoms with Crippen LogP contribution in [0.1, 0.15) is 58.6 Å². The molecule has 5 nitrogen and oxygen atoms in total. The Morgan fingerprint density at radius 2 is 1.66 bits per heavy atom. The zero-order chi connectivity index (χ0) is 24.7. The number of benzene rings is 3. The molecule has 0 saturated heterocycles. The van der Waals surface area contributed by atoms with Gasteiger partial charge in [0.15, 0.2) is 5.43 Å². The molecular weight excluding hydrogens is 445 g/mol. The molecule has 0 radical (unpaired) electrons. The maximum absolute atomic E-state index is 13.8. The minimum Gasteiger partial charge on any atom is -0.494 e. The van der Waals surface area contributed by atoms with Gasteiger partial charge in [0.25, 0.3) is 5.91 Å². The number of halogens is 1. The summed E-state index contributed by atoms with van der Waals surface area (Å²) in [4.78, 5) is 28.9. The predicted molar refractivity (Wildman–Crippen MR) is 134 cm³/mol. The van der Waals surface area contributed by atoms with Crippen LogP contribution >= 0.6 is 0 Å². The average Bonchev–Trinajstić information content (AvgIpc) is 3.14. The monoisotopic (exact) mass is 471 g/mol. The number of anilines is 1. The normalized spacial score (nSPS) is 15.0. The summed E-state index contributed by atoms with van der Waals surface area (Å²) < 4.78 is 25.5. The van der Waals surface area contributed by atoms with E-state index in [0.29, 0.717) is 23.3 Å². The number of nitrogens with zero attached hydrogens (tertiary/aromatic N) is 1. The summed E-state index contributed by atoms with van der Waals surface area (Å²) in [5.74, 6) is -0.105. The molecule has 1 unspecified atom stereocenters. The van der Waals surface area contributed by atoms with E-state index in [9.17, 15) is 14.0 Å². The van der Waals surface area contributed by atoms with Crippen molar-refractivity contribution in [3.05, 3.63) is 105 Å². The summed E-state index contributed by atoms with van der Waals surface area (Å²) in [6.07, 6.45) is 1.99. The summed E-state index contributed by atoms with van der Waals surface area (Å²) in [5.41, 5.74) is 3.58. The molecule has 178 valence electrons. The summed E-state index contributed by atoms with van der Waals surface area (Å²) >= 11 is 0. The van der Waals surface area contributed by atoms with Gasteiger partial charge in [-0.3, -0.25) is 14.5 Å². The van der Waals surface area contributed by atoms with Crippen LogP contribution in [0.3, 0.4) is 0 Å². The first kappa shape index (κ1) is 22.8. The summed E-state index contributed by atoms with van der Waals surface area (Å²) in [6, 6.07) is 15.9. The van der Waals surface area contributed by atoms with E-state index in [4.69, 9.17) is 9.15 Å². The van der Waals surface area contributed by atoms with Crippen LogP contribution in [0.5, 0.6) is 5.75 Å². The van der Waals surface area contributed by atoms with Gasteiger partial charge in [0, 0.05) is 5.69 Å². The second-order valence-electron chi connectivity index (χ2n) is 8.93. The maximum atomic E-state index is 13.8. The molecule has 1 aliphatic rings. The van der Waals surface area contributed by atoms with E-state index in [1.54, 1.807) is 6.07 Å². The quantitative estimate of drug-likeness (QED) is 0.302. The number of hydrogen-bond donors (Lipinski definition) is 0. The Kier molecular flexibility index (Phi) is 5.89. The van der Waals surface area contributed by atoms with E-state index in [-0.39, 0.29) is 16.8 Å². The predicted octanol–water partition coefficient (Wildman–Crippen LogP) is 6.48. The molecule has 1 aliphatic heterocycles. The molecule has 1 atom stereocenters. The molecule has 0 bridgehead atoms. The highest BCUT2D eigenvalue weighted by molar-refractivity contribution is 6.10. The van der Waals surface area contributed by atoms with E-state index in [0.717, 1.165) is 35.3 Å². The number of hydrogen-bond acceptors (Lipinski definition) is 4. The second kappa shape index (κ2) is 9.02. The Labute approximate surface area is 202 Å². The second-order valence-corrected chi connectivity index (χ2v) is 8.93. The minimum absolute atomic E-state index is 0.0170. The fraction of sp³-hybridized carbons (Fsp3) is 0.241. The lowest BCUT2D eigenvalue weighted by Crippen LogP contribution is -2.29. The Morgan fingerprint density at radius 3 is 2.34 bits per heavy atom. The van der Waals surface area contributed by atoms with Crippen molar-refractivity contribution < 1.29 is 18.3 Å². The first-order valence-corrected chi connectivity index (χ1v) is 11.8. The van der Waals surface area contributed by atoms with E-state index in [2.05, 4.69) is 6.92 Å². The van der Waals surface area contributed by atoms with Gasteiger partial charge in [-0.15, -0.1) is 0 Å². The Morgan fingerprint density at radius 1 is 0.971 bits per heavy atom. The topological polar surface area (TPSA) is 59.8 Å². The van der Waals surface area contributed by atoms with Crippen molar-refractivity contribution in [1.29, 1.82) is 0 Å². The zero-order valence-corrected chi connectivity index (χ0v) is 19.9. The van der Waals surface area contributed by atoms with E-state index < -0.39 is 17.8 Å². The lowest BCUT2D eigenvalue weighted by molar-refractivity contribution is 0.0971. The van der Waals surface area contributed by atoms with Crippen LogP contribution < -0.4 is 15.1 Å². The number of ether oxygens (including phenoxy) is 1. The Bertz CT molecular complexity index is 1470. The molecule has 3 aromatic carbocycles. The van der Waals surface area contributed by atoms with Crippen LogP contribution in [-0.4, -0.2) is 12.5 Å². The largest absolute Gasteiger partial charge is 0.494 e. The third-order valence-electron chi connectivity index (χ3n) is 6.55. The molecule has 0 spiro atoms. The highest BCUT2D eigenvalue weighted by Crippen LogP contribution is 2.41. The van der Waals surface area contributed by atoms with E-state index in [1.807, 2.05) is 44.2 Å². The molecule has 1 amide bonds. The van der Waals surface area contributed by atoms with Crippen LogP contribution in [0, 0.1) is 19.7 Å². The molecule has 2 heterocycles. The Hall–Kier alpha value is -3.93. The number of amides is 1. The molecule has 0 N–H and O–H groups in total. The van der Waals surface area contributed by atoms with Gasteiger partial charge in [-0.25, -0.2) is 4.39 Å². The van der Waals surface area contributed by atoms with E-state index in [1.165, 1.54) is 29.2 Å². The van der Waals surface area contributed by atoms with Gasteiger partial charge in [-0.2, -0.15) is 0 Å². The van der Waals surface area contributed by atoms with Crippen molar-refractivity contribution >= 4 is 22.6 Å². The standard InChI is InChI=1S/C29H26FNO4/c1-4-5-14-34-22-12-6-19(7-13-22)26-25-27(32)23-15-17(2)18(3)16-24(23)35-28(25)29(33)31(26)21-10-8-20(30)9-11-21/h6-13,15-16,26H,4-5,14H2,1-3H3. The van der Waals surface area contributed by atoms with Gasteiger partial charge in [0.2, 0.25) is 5.76 Å². The highest BCUT2D eigenvalue weighted by atomic mass is 19.1. The maximum Gasteiger partial charge on any atom is 0.295 e. The molecule has 6 heteroatoms. The average molecular weight is 472 g/mol. The minimum atomic E-state index is -0.713. The molecule has 35 heavy (non-hydrogen) atoms. The molecule has 5 rings (SSSR count). The van der Waals surface area contributed by atoms with Crippen molar-refractivity contribution in [3.63, 3.8) is 0 Å².